The molecule has 0 spiro atoms. The number of aromatic amines is 1. The molecular weight excluding hydrogens is 386 g/mol. The van der Waals surface area contributed by atoms with Crippen molar-refractivity contribution in [2.45, 2.75) is 32.4 Å². The van der Waals surface area contributed by atoms with Crippen LogP contribution in [0.25, 0.3) is 10.9 Å². The van der Waals surface area contributed by atoms with Crippen LogP contribution in [0.4, 0.5) is 0 Å². The number of nitrogens with zero attached hydrogens (tertiary/aromatic N) is 2. The molecule has 1 N–H and O–H groups in total. The summed E-state index contributed by atoms with van der Waals surface area (Å²) < 4.78 is 10.9. The van der Waals surface area contributed by atoms with Crippen molar-refractivity contribution in [3.05, 3.63) is 64.8 Å². The van der Waals surface area contributed by atoms with Gasteiger partial charge >= 0.3 is 0 Å². The highest BCUT2D eigenvalue weighted by molar-refractivity contribution is 5.85. The first-order valence-corrected chi connectivity index (χ1v) is 11.1. The van der Waals surface area contributed by atoms with E-state index in [1.54, 1.807) is 7.11 Å². The fourth-order valence-electron chi connectivity index (χ4n) is 4.74. The average molecular weight is 422 g/mol. The van der Waals surface area contributed by atoms with Crippen molar-refractivity contribution in [3.8, 4) is 5.75 Å². The van der Waals surface area contributed by atoms with E-state index in [2.05, 4.69) is 79.1 Å². The van der Waals surface area contributed by atoms with E-state index in [0.717, 1.165) is 25.4 Å². The van der Waals surface area contributed by atoms with Crippen molar-refractivity contribution in [3.63, 3.8) is 0 Å². The third-order valence-electron chi connectivity index (χ3n) is 6.60. The zero-order chi connectivity index (χ0) is 22.0. The summed E-state index contributed by atoms with van der Waals surface area (Å²) in [5.74, 6) is 1.42. The first-order valence-electron chi connectivity index (χ1n) is 11.1. The number of benzene rings is 2. The molecule has 2 unspecified atom stereocenters. The number of methoxy groups -OCH3 is 1. The Morgan fingerprint density at radius 3 is 2.52 bits per heavy atom. The molecule has 2 atom stereocenters. The van der Waals surface area contributed by atoms with Gasteiger partial charge in [0.05, 0.1) is 6.61 Å². The lowest BCUT2D eigenvalue weighted by Gasteiger charge is -2.25. The van der Waals surface area contributed by atoms with Gasteiger partial charge in [-0.1, -0.05) is 29.8 Å². The molecule has 0 amide bonds. The van der Waals surface area contributed by atoms with Crippen LogP contribution in [0, 0.1) is 13.8 Å². The Labute approximate surface area is 185 Å². The summed E-state index contributed by atoms with van der Waals surface area (Å²) >= 11 is 0. The van der Waals surface area contributed by atoms with Crippen LogP contribution in [0.1, 0.15) is 28.3 Å². The normalized spacial score (nSPS) is 19.5. The lowest BCUT2D eigenvalue weighted by Crippen LogP contribution is -2.34. The maximum atomic E-state index is 5.81. The third-order valence-corrected chi connectivity index (χ3v) is 6.60. The molecule has 1 saturated heterocycles. The second-order valence-electron chi connectivity index (χ2n) is 9.02. The molecule has 0 saturated carbocycles. The van der Waals surface area contributed by atoms with Crippen LogP contribution >= 0.6 is 0 Å². The predicted octanol–water partition coefficient (Wildman–Crippen LogP) is 4.34. The fourth-order valence-corrected chi connectivity index (χ4v) is 4.74. The molecular formula is C26H35N3O2. The number of rotatable bonds is 8. The monoisotopic (exact) mass is 421 g/mol. The van der Waals surface area contributed by atoms with E-state index in [-0.39, 0.29) is 0 Å². The third kappa shape index (κ3) is 4.79. The van der Waals surface area contributed by atoms with Crippen molar-refractivity contribution in [2.24, 2.45) is 0 Å². The largest absolute Gasteiger partial charge is 0.491 e. The molecule has 1 aromatic heterocycles. The molecule has 1 aliphatic rings. The number of hydrogen-bond donors (Lipinski definition) is 1. The predicted molar refractivity (Wildman–Crippen MR) is 127 cm³/mol. The van der Waals surface area contributed by atoms with Gasteiger partial charge in [0.25, 0.3) is 0 Å². The van der Waals surface area contributed by atoms with Crippen LogP contribution in [-0.2, 0) is 11.3 Å². The van der Waals surface area contributed by atoms with E-state index in [4.69, 9.17) is 9.47 Å². The topological polar surface area (TPSA) is 40.7 Å². The minimum atomic E-state index is 0.521. The molecule has 0 bridgehead atoms. The summed E-state index contributed by atoms with van der Waals surface area (Å²) in [7, 11) is 6.10. The van der Waals surface area contributed by atoms with Crippen molar-refractivity contribution >= 4 is 10.9 Å². The molecule has 1 aliphatic heterocycles. The van der Waals surface area contributed by atoms with Gasteiger partial charge in [-0.15, -0.1) is 0 Å². The van der Waals surface area contributed by atoms with Gasteiger partial charge < -0.3 is 19.4 Å². The number of H-pyrrole nitrogens is 1. The average Bonchev–Trinajstić information content (AvgIpc) is 3.31. The second kappa shape index (κ2) is 9.43. The van der Waals surface area contributed by atoms with Gasteiger partial charge in [-0.3, -0.25) is 4.90 Å². The number of aromatic nitrogens is 1. The maximum absolute atomic E-state index is 5.81. The van der Waals surface area contributed by atoms with Gasteiger partial charge in [0.15, 0.2) is 0 Å². The summed E-state index contributed by atoms with van der Waals surface area (Å²) in [6.45, 7) is 8.62. The van der Waals surface area contributed by atoms with E-state index in [0.29, 0.717) is 25.2 Å². The number of likely N-dealkylation sites (tertiary alicyclic amines) is 1. The van der Waals surface area contributed by atoms with Crippen LogP contribution in [0.2, 0.25) is 0 Å². The van der Waals surface area contributed by atoms with E-state index in [1.165, 1.54) is 33.3 Å². The minimum absolute atomic E-state index is 0.521. The van der Waals surface area contributed by atoms with Gasteiger partial charge in [0.2, 0.25) is 0 Å². The molecule has 31 heavy (non-hydrogen) atoms. The van der Waals surface area contributed by atoms with Crippen LogP contribution in [0.3, 0.4) is 0 Å². The van der Waals surface area contributed by atoms with E-state index in [9.17, 15) is 0 Å². The Morgan fingerprint density at radius 1 is 1.03 bits per heavy atom. The number of fused-ring (bicyclic) bond motifs is 1. The first kappa shape index (κ1) is 21.9. The highest BCUT2D eigenvalue weighted by Crippen LogP contribution is 2.33. The Balaban J connectivity index is 1.51. The Bertz CT molecular complexity index is 1010. The number of nitrogens with one attached hydrogen (secondary N) is 1. The number of hydrogen-bond acceptors (Lipinski definition) is 4. The summed E-state index contributed by atoms with van der Waals surface area (Å²) in [4.78, 5) is 8.62. The maximum Gasteiger partial charge on any atom is 0.120 e. The van der Waals surface area contributed by atoms with Crippen LogP contribution < -0.4 is 4.74 Å². The molecule has 5 heteroatoms. The van der Waals surface area contributed by atoms with Crippen LogP contribution in [-0.4, -0.2) is 68.3 Å². The van der Waals surface area contributed by atoms with Crippen molar-refractivity contribution in [1.29, 1.82) is 0 Å². The summed E-state index contributed by atoms with van der Waals surface area (Å²) in [6.07, 6.45) is 0. The van der Waals surface area contributed by atoms with Crippen molar-refractivity contribution in [2.75, 3.05) is 47.5 Å². The quantitative estimate of drug-likeness (QED) is 0.550. The SMILES string of the molecule is COCCOc1ccc2[nH]c(CN3CC(c4ccc(C)cc4)C(N(C)C)C3)c(C)c2c1. The van der Waals surface area contributed by atoms with Crippen LogP contribution in [0.5, 0.6) is 5.75 Å². The Morgan fingerprint density at radius 2 is 1.81 bits per heavy atom. The highest BCUT2D eigenvalue weighted by atomic mass is 16.5. The van der Waals surface area contributed by atoms with Crippen LogP contribution in [0.15, 0.2) is 42.5 Å². The number of ether oxygens (including phenoxy) is 2. The molecule has 5 nitrogen and oxygen atoms in total. The van der Waals surface area contributed by atoms with Gasteiger partial charge in [-0.05, 0) is 57.3 Å². The smallest absolute Gasteiger partial charge is 0.120 e. The van der Waals surface area contributed by atoms with Crippen molar-refractivity contribution in [1.82, 2.24) is 14.8 Å². The molecule has 0 aliphatic carbocycles. The zero-order valence-corrected chi connectivity index (χ0v) is 19.4. The molecule has 4 rings (SSSR count). The van der Waals surface area contributed by atoms with Gasteiger partial charge in [0.1, 0.15) is 12.4 Å². The summed E-state index contributed by atoms with van der Waals surface area (Å²) in [5, 5.41) is 1.24. The molecule has 2 aromatic carbocycles. The molecule has 1 fully saturated rings. The fraction of sp³-hybridized carbons (Fsp3) is 0.462. The summed E-state index contributed by atoms with van der Waals surface area (Å²) in [6, 6.07) is 15.9. The Hall–Kier alpha value is -2.34. The Kier molecular flexibility index (Phi) is 6.65. The first-order chi connectivity index (χ1) is 15.0. The van der Waals surface area contributed by atoms with E-state index in [1.807, 2.05) is 6.07 Å². The standard InChI is InChI=1S/C26H35N3O2/c1-18-6-8-20(9-7-18)23-15-29(17-26(23)28(3)4)16-25-19(2)22-14-21(31-13-12-30-5)10-11-24(22)27-25/h6-11,14,23,26-27H,12-13,15-17H2,1-5H3. The highest BCUT2D eigenvalue weighted by Gasteiger charge is 2.35. The second-order valence-corrected chi connectivity index (χ2v) is 9.02. The van der Waals surface area contributed by atoms with Gasteiger partial charge in [-0.25, -0.2) is 0 Å². The molecule has 3 aromatic rings. The number of aryl methyl sites for hydroxylation is 2. The lowest BCUT2D eigenvalue weighted by atomic mass is 9.93. The van der Waals surface area contributed by atoms with E-state index < -0.39 is 0 Å². The molecule has 2 heterocycles. The van der Waals surface area contributed by atoms with Gasteiger partial charge in [0, 0.05) is 55.3 Å². The lowest BCUT2D eigenvalue weighted by molar-refractivity contribution is 0.146. The minimum Gasteiger partial charge on any atom is -0.491 e. The number of likely N-dealkylation sites (N-methyl/N-ethyl adjacent to an activating group) is 1. The van der Waals surface area contributed by atoms with Crippen molar-refractivity contribution < 1.29 is 9.47 Å². The summed E-state index contributed by atoms with van der Waals surface area (Å²) in [5.41, 5.74) is 6.54. The van der Waals surface area contributed by atoms with Gasteiger partial charge in [-0.2, -0.15) is 0 Å². The zero-order valence-electron chi connectivity index (χ0n) is 19.4. The van der Waals surface area contributed by atoms with E-state index >= 15 is 0 Å². The molecule has 166 valence electrons. The molecule has 0 radical (unpaired) electrons.